The first-order chi connectivity index (χ1) is 8.78. The molecule has 0 radical (unpaired) electrons. The SMILES string of the molecule is CC1CCC(CNCc2ccnc(C#N)c2)CC1. The number of nitrogens with one attached hydrogen (secondary N) is 1. The number of hydrogen-bond acceptors (Lipinski definition) is 3. The zero-order valence-electron chi connectivity index (χ0n) is 11.0. The molecule has 0 atom stereocenters. The third kappa shape index (κ3) is 3.82. The zero-order chi connectivity index (χ0) is 12.8. The van der Waals surface area contributed by atoms with Crippen molar-refractivity contribution in [1.29, 1.82) is 5.26 Å². The van der Waals surface area contributed by atoms with E-state index in [1.165, 1.54) is 25.7 Å². The zero-order valence-corrected chi connectivity index (χ0v) is 11.0. The van der Waals surface area contributed by atoms with Crippen LogP contribution in [0, 0.1) is 23.2 Å². The predicted molar refractivity (Wildman–Crippen MR) is 71.8 cm³/mol. The van der Waals surface area contributed by atoms with Gasteiger partial charge in [0.25, 0.3) is 0 Å². The molecular weight excluding hydrogens is 222 g/mol. The highest BCUT2D eigenvalue weighted by Crippen LogP contribution is 2.27. The first-order valence-corrected chi connectivity index (χ1v) is 6.83. The van der Waals surface area contributed by atoms with Gasteiger partial charge in [-0.25, -0.2) is 4.98 Å². The van der Waals surface area contributed by atoms with Crippen LogP contribution in [0.5, 0.6) is 0 Å². The van der Waals surface area contributed by atoms with Gasteiger partial charge in [0.15, 0.2) is 0 Å². The minimum Gasteiger partial charge on any atom is -0.312 e. The lowest BCUT2D eigenvalue weighted by Gasteiger charge is -2.26. The van der Waals surface area contributed by atoms with Crippen molar-refractivity contribution in [3.63, 3.8) is 0 Å². The van der Waals surface area contributed by atoms with E-state index in [2.05, 4.69) is 23.3 Å². The number of aromatic nitrogens is 1. The lowest BCUT2D eigenvalue weighted by molar-refractivity contribution is 0.281. The molecular formula is C15H21N3. The molecule has 0 spiro atoms. The molecule has 1 aliphatic carbocycles. The van der Waals surface area contributed by atoms with Crippen LogP contribution >= 0.6 is 0 Å². The maximum atomic E-state index is 8.78. The Morgan fingerprint density at radius 3 is 2.89 bits per heavy atom. The first kappa shape index (κ1) is 13.0. The van der Waals surface area contributed by atoms with E-state index in [4.69, 9.17) is 5.26 Å². The van der Waals surface area contributed by atoms with Crippen LogP contribution in [-0.2, 0) is 6.54 Å². The molecule has 96 valence electrons. The summed E-state index contributed by atoms with van der Waals surface area (Å²) in [7, 11) is 0. The maximum Gasteiger partial charge on any atom is 0.140 e. The van der Waals surface area contributed by atoms with Crippen molar-refractivity contribution in [1.82, 2.24) is 10.3 Å². The number of pyridine rings is 1. The molecule has 1 aromatic heterocycles. The Bertz CT molecular complexity index is 414. The molecule has 18 heavy (non-hydrogen) atoms. The number of hydrogen-bond donors (Lipinski definition) is 1. The highest BCUT2D eigenvalue weighted by molar-refractivity contribution is 5.25. The molecule has 1 aromatic rings. The lowest BCUT2D eigenvalue weighted by atomic mass is 9.83. The molecule has 0 saturated heterocycles. The predicted octanol–water partition coefficient (Wildman–Crippen LogP) is 2.87. The van der Waals surface area contributed by atoms with Crippen molar-refractivity contribution < 1.29 is 0 Å². The summed E-state index contributed by atoms with van der Waals surface area (Å²) in [6.07, 6.45) is 7.17. The van der Waals surface area contributed by atoms with Crippen molar-refractivity contribution in [2.24, 2.45) is 11.8 Å². The van der Waals surface area contributed by atoms with Gasteiger partial charge in [-0.3, -0.25) is 0 Å². The Hall–Kier alpha value is -1.40. The van der Waals surface area contributed by atoms with Crippen molar-refractivity contribution in [3.05, 3.63) is 29.6 Å². The molecule has 1 saturated carbocycles. The van der Waals surface area contributed by atoms with Gasteiger partial charge in [-0.05, 0) is 48.9 Å². The van der Waals surface area contributed by atoms with E-state index in [-0.39, 0.29) is 0 Å². The van der Waals surface area contributed by atoms with Gasteiger partial charge in [0.1, 0.15) is 11.8 Å². The van der Waals surface area contributed by atoms with Crippen LogP contribution in [-0.4, -0.2) is 11.5 Å². The van der Waals surface area contributed by atoms with Gasteiger partial charge in [-0.2, -0.15) is 5.26 Å². The van der Waals surface area contributed by atoms with Gasteiger partial charge in [0, 0.05) is 12.7 Å². The number of nitrogens with zero attached hydrogens (tertiary/aromatic N) is 2. The van der Waals surface area contributed by atoms with Gasteiger partial charge in [-0.1, -0.05) is 19.8 Å². The molecule has 1 heterocycles. The van der Waals surface area contributed by atoms with Crippen LogP contribution in [0.25, 0.3) is 0 Å². The van der Waals surface area contributed by atoms with E-state index in [1.54, 1.807) is 6.20 Å². The van der Waals surface area contributed by atoms with Crippen LogP contribution in [0.3, 0.4) is 0 Å². The largest absolute Gasteiger partial charge is 0.312 e. The van der Waals surface area contributed by atoms with Gasteiger partial charge >= 0.3 is 0 Å². The van der Waals surface area contributed by atoms with E-state index in [0.29, 0.717) is 5.69 Å². The van der Waals surface area contributed by atoms with Crippen LogP contribution in [0.1, 0.15) is 43.9 Å². The van der Waals surface area contributed by atoms with Gasteiger partial charge in [-0.15, -0.1) is 0 Å². The van der Waals surface area contributed by atoms with E-state index in [9.17, 15) is 0 Å². The molecule has 3 heteroatoms. The fourth-order valence-electron chi connectivity index (χ4n) is 2.60. The maximum absolute atomic E-state index is 8.78. The van der Waals surface area contributed by atoms with Gasteiger partial charge in [0.2, 0.25) is 0 Å². The summed E-state index contributed by atoms with van der Waals surface area (Å²) in [5.41, 5.74) is 1.64. The molecule has 0 unspecified atom stereocenters. The molecule has 1 N–H and O–H groups in total. The van der Waals surface area contributed by atoms with Crippen molar-refractivity contribution >= 4 is 0 Å². The average molecular weight is 243 g/mol. The smallest absolute Gasteiger partial charge is 0.140 e. The van der Waals surface area contributed by atoms with Crippen molar-refractivity contribution in [2.45, 2.75) is 39.2 Å². The molecule has 0 amide bonds. The third-order valence-corrected chi connectivity index (χ3v) is 3.84. The standard InChI is InChI=1S/C15H21N3/c1-12-2-4-13(5-3-12)10-17-11-14-6-7-18-15(8-14)9-16/h6-8,12-13,17H,2-5,10-11H2,1H3. The summed E-state index contributed by atoms with van der Waals surface area (Å²) in [4.78, 5) is 3.98. The van der Waals surface area contributed by atoms with E-state index in [0.717, 1.165) is 30.5 Å². The molecule has 0 aliphatic heterocycles. The first-order valence-electron chi connectivity index (χ1n) is 6.83. The minimum atomic E-state index is 0.501. The van der Waals surface area contributed by atoms with E-state index in [1.807, 2.05) is 12.1 Å². The topological polar surface area (TPSA) is 48.7 Å². The minimum absolute atomic E-state index is 0.501. The summed E-state index contributed by atoms with van der Waals surface area (Å²) in [6.45, 7) is 4.28. The second-order valence-corrected chi connectivity index (χ2v) is 5.42. The monoisotopic (exact) mass is 243 g/mol. The second-order valence-electron chi connectivity index (χ2n) is 5.42. The Labute approximate surface area is 109 Å². The molecule has 0 aromatic carbocycles. The summed E-state index contributed by atoms with van der Waals surface area (Å²) < 4.78 is 0. The third-order valence-electron chi connectivity index (χ3n) is 3.84. The van der Waals surface area contributed by atoms with Crippen molar-refractivity contribution in [3.8, 4) is 6.07 Å². The number of rotatable bonds is 4. The molecule has 1 aliphatic rings. The second kappa shape index (κ2) is 6.51. The lowest BCUT2D eigenvalue weighted by Crippen LogP contribution is -2.25. The van der Waals surface area contributed by atoms with Crippen molar-refractivity contribution in [2.75, 3.05) is 6.54 Å². The van der Waals surface area contributed by atoms with E-state index >= 15 is 0 Å². The van der Waals surface area contributed by atoms with Crippen LogP contribution < -0.4 is 5.32 Å². The molecule has 1 fully saturated rings. The van der Waals surface area contributed by atoms with E-state index < -0.39 is 0 Å². The summed E-state index contributed by atoms with van der Waals surface area (Å²) in [6, 6.07) is 5.90. The highest BCUT2D eigenvalue weighted by Gasteiger charge is 2.17. The quantitative estimate of drug-likeness (QED) is 0.884. The van der Waals surface area contributed by atoms with Gasteiger partial charge in [0.05, 0.1) is 0 Å². The number of nitriles is 1. The summed E-state index contributed by atoms with van der Waals surface area (Å²) in [5, 5.41) is 12.3. The van der Waals surface area contributed by atoms with Crippen LogP contribution in [0.4, 0.5) is 0 Å². The summed E-state index contributed by atoms with van der Waals surface area (Å²) in [5.74, 6) is 1.75. The van der Waals surface area contributed by atoms with Crippen LogP contribution in [0.15, 0.2) is 18.3 Å². The molecule has 0 bridgehead atoms. The average Bonchev–Trinajstić information content (AvgIpc) is 2.41. The molecule has 3 nitrogen and oxygen atoms in total. The Kier molecular flexibility index (Phi) is 4.72. The van der Waals surface area contributed by atoms with Gasteiger partial charge < -0.3 is 5.32 Å². The fourth-order valence-corrected chi connectivity index (χ4v) is 2.60. The van der Waals surface area contributed by atoms with Crippen LogP contribution in [0.2, 0.25) is 0 Å². The Balaban J connectivity index is 1.73. The molecule has 2 rings (SSSR count). The fraction of sp³-hybridized carbons (Fsp3) is 0.600. The normalized spacial score (nSPS) is 23.6. The highest BCUT2D eigenvalue weighted by atomic mass is 14.9. The Morgan fingerprint density at radius 2 is 2.17 bits per heavy atom. The summed E-state index contributed by atoms with van der Waals surface area (Å²) >= 11 is 0. The Morgan fingerprint density at radius 1 is 1.39 bits per heavy atom.